The van der Waals surface area contributed by atoms with E-state index in [1.165, 1.54) is 6.92 Å². The van der Waals surface area contributed by atoms with Gasteiger partial charge in [-0.1, -0.05) is 13.3 Å². The molecule has 0 aliphatic rings. The number of hydrogen-bond donors (Lipinski definition) is 1. The molecule has 0 saturated heterocycles. The standard InChI is InChI=1S/C7H15NO2/c1-4-5-6(2)10-8-7(3)9/h6H,4-5H2,1-3H3,(H,8,9). The predicted octanol–water partition coefficient (Wildman–Crippen LogP) is 1.24. The fourth-order valence-corrected chi connectivity index (χ4v) is 0.649. The number of hydroxylamine groups is 1. The summed E-state index contributed by atoms with van der Waals surface area (Å²) < 4.78 is 0. The normalized spacial score (nSPS) is 12.7. The van der Waals surface area contributed by atoms with Gasteiger partial charge in [0.1, 0.15) is 0 Å². The molecular formula is C7H15NO2. The lowest BCUT2D eigenvalue weighted by atomic mass is 10.2. The van der Waals surface area contributed by atoms with Crippen LogP contribution >= 0.6 is 0 Å². The molecule has 0 spiro atoms. The minimum absolute atomic E-state index is 0.119. The fraction of sp³-hybridized carbons (Fsp3) is 0.857. The van der Waals surface area contributed by atoms with Crippen molar-refractivity contribution < 1.29 is 9.63 Å². The Kier molecular flexibility index (Phi) is 4.94. The van der Waals surface area contributed by atoms with Gasteiger partial charge in [0.05, 0.1) is 6.10 Å². The van der Waals surface area contributed by atoms with Gasteiger partial charge in [-0.05, 0) is 13.3 Å². The van der Waals surface area contributed by atoms with Crippen molar-refractivity contribution in [1.29, 1.82) is 0 Å². The van der Waals surface area contributed by atoms with E-state index >= 15 is 0 Å². The SMILES string of the molecule is CCCC(C)ONC(C)=O. The smallest absolute Gasteiger partial charge is 0.240 e. The molecule has 3 nitrogen and oxygen atoms in total. The van der Waals surface area contributed by atoms with Crippen LogP contribution < -0.4 is 5.48 Å². The van der Waals surface area contributed by atoms with Crippen LogP contribution in [0.4, 0.5) is 0 Å². The highest BCUT2D eigenvalue weighted by Crippen LogP contribution is 1.97. The Balaban J connectivity index is 3.21. The van der Waals surface area contributed by atoms with Crippen molar-refractivity contribution in [1.82, 2.24) is 5.48 Å². The molecule has 3 heteroatoms. The summed E-state index contributed by atoms with van der Waals surface area (Å²) in [4.78, 5) is 15.3. The van der Waals surface area contributed by atoms with Gasteiger partial charge in [0, 0.05) is 6.92 Å². The van der Waals surface area contributed by atoms with Gasteiger partial charge in [-0.25, -0.2) is 5.48 Å². The lowest BCUT2D eigenvalue weighted by Gasteiger charge is -2.09. The maximum atomic E-state index is 10.3. The number of amides is 1. The molecule has 0 fully saturated rings. The number of rotatable bonds is 4. The Labute approximate surface area is 61.7 Å². The first-order valence-electron chi connectivity index (χ1n) is 3.59. The van der Waals surface area contributed by atoms with Gasteiger partial charge < -0.3 is 0 Å². The van der Waals surface area contributed by atoms with Crippen molar-refractivity contribution in [3.05, 3.63) is 0 Å². The van der Waals surface area contributed by atoms with E-state index in [1.807, 2.05) is 6.92 Å². The summed E-state index contributed by atoms with van der Waals surface area (Å²) in [5.41, 5.74) is 2.29. The topological polar surface area (TPSA) is 38.3 Å². The molecule has 0 aromatic heterocycles. The predicted molar refractivity (Wildman–Crippen MR) is 39.3 cm³/mol. The van der Waals surface area contributed by atoms with Crippen LogP contribution in [0.2, 0.25) is 0 Å². The maximum absolute atomic E-state index is 10.3. The van der Waals surface area contributed by atoms with Gasteiger partial charge >= 0.3 is 0 Å². The Morgan fingerprint density at radius 1 is 1.70 bits per heavy atom. The summed E-state index contributed by atoms with van der Waals surface area (Å²) in [6.07, 6.45) is 2.16. The third kappa shape index (κ3) is 5.56. The molecule has 0 radical (unpaired) electrons. The van der Waals surface area contributed by atoms with Crippen molar-refractivity contribution in [3.63, 3.8) is 0 Å². The van der Waals surface area contributed by atoms with E-state index in [2.05, 4.69) is 12.4 Å². The molecule has 1 N–H and O–H groups in total. The zero-order chi connectivity index (χ0) is 7.98. The average Bonchev–Trinajstić information content (AvgIpc) is 1.85. The second-order valence-electron chi connectivity index (χ2n) is 2.38. The van der Waals surface area contributed by atoms with E-state index in [-0.39, 0.29) is 12.0 Å². The van der Waals surface area contributed by atoms with Crippen LogP contribution in [0.25, 0.3) is 0 Å². The minimum Gasteiger partial charge on any atom is -0.273 e. The van der Waals surface area contributed by atoms with Gasteiger partial charge in [0.2, 0.25) is 5.91 Å². The molecule has 0 aliphatic carbocycles. The summed E-state index contributed by atoms with van der Waals surface area (Å²) in [5.74, 6) is -0.150. The molecule has 0 aromatic carbocycles. The Hall–Kier alpha value is -0.570. The van der Waals surface area contributed by atoms with Crippen LogP contribution in [0.15, 0.2) is 0 Å². The quantitative estimate of drug-likeness (QED) is 0.604. The molecule has 1 amide bonds. The highest BCUT2D eigenvalue weighted by Gasteiger charge is 2.00. The van der Waals surface area contributed by atoms with Crippen molar-refractivity contribution in [2.24, 2.45) is 0 Å². The first-order chi connectivity index (χ1) is 4.66. The molecule has 1 unspecified atom stereocenters. The van der Waals surface area contributed by atoms with Crippen LogP contribution in [0, 0.1) is 0 Å². The third-order valence-electron chi connectivity index (χ3n) is 1.10. The first-order valence-corrected chi connectivity index (χ1v) is 3.59. The highest BCUT2D eigenvalue weighted by atomic mass is 16.7. The highest BCUT2D eigenvalue weighted by molar-refractivity contribution is 5.71. The van der Waals surface area contributed by atoms with Gasteiger partial charge in [-0.15, -0.1) is 0 Å². The van der Waals surface area contributed by atoms with Gasteiger partial charge in [-0.3, -0.25) is 9.63 Å². The van der Waals surface area contributed by atoms with Crippen molar-refractivity contribution in [2.45, 2.75) is 39.7 Å². The molecule has 0 heterocycles. The zero-order valence-electron chi connectivity index (χ0n) is 6.81. The number of hydrogen-bond acceptors (Lipinski definition) is 2. The number of carbonyl (C=O) groups excluding carboxylic acids is 1. The Morgan fingerprint density at radius 3 is 2.70 bits per heavy atom. The first kappa shape index (κ1) is 9.43. The summed E-state index contributed by atoms with van der Waals surface area (Å²) in [7, 11) is 0. The van der Waals surface area contributed by atoms with E-state index in [0.717, 1.165) is 12.8 Å². The number of nitrogens with one attached hydrogen (secondary N) is 1. The molecule has 10 heavy (non-hydrogen) atoms. The van der Waals surface area contributed by atoms with E-state index in [1.54, 1.807) is 0 Å². The molecule has 60 valence electrons. The van der Waals surface area contributed by atoms with E-state index < -0.39 is 0 Å². The lowest BCUT2D eigenvalue weighted by Crippen LogP contribution is -2.25. The van der Waals surface area contributed by atoms with Crippen LogP contribution in [0.5, 0.6) is 0 Å². The van der Waals surface area contributed by atoms with Gasteiger partial charge in [-0.2, -0.15) is 0 Å². The van der Waals surface area contributed by atoms with Crippen molar-refractivity contribution in [2.75, 3.05) is 0 Å². The summed E-state index contributed by atoms with van der Waals surface area (Å²) in [6, 6.07) is 0. The molecule has 1 atom stereocenters. The van der Waals surface area contributed by atoms with Gasteiger partial charge in [0.25, 0.3) is 0 Å². The Morgan fingerprint density at radius 2 is 2.30 bits per heavy atom. The maximum Gasteiger partial charge on any atom is 0.240 e. The second-order valence-corrected chi connectivity index (χ2v) is 2.38. The summed E-state index contributed by atoms with van der Waals surface area (Å²) >= 11 is 0. The molecule has 0 saturated carbocycles. The molecule has 0 aromatic rings. The van der Waals surface area contributed by atoms with Crippen molar-refractivity contribution in [3.8, 4) is 0 Å². The van der Waals surface area contributed by atoms with E-state index in [4.69, 9.17) is 4.84 Å². The fourth-order valence-electron chi connectivity index (χ4n) is 0.649. The Bertz CT molecular complexity index is 104. The third-order valence-corrected chi connectivity index (χ3v) is 1.10. The molecule has 0 rings (SSSR count). The lowest BCUT2D eigenvalue weighted by molar-refractivity contribution is -0.135. The van der Waals surface area contributed by atoms with Crippen LogP contribution in [-0.4, -0.2) is 12.0 Å². The zero-order valence-corrected chi connectivity index (χ0v) is 6.81. The summed E-state index contributed by atoms with van der Waals surface area (Å²) in [6.45, 7) is 5.44. The summed E-state index contributed by atoms with van der Waals surface area (Å²) in [5, 5.41) is 0. The molecule has 0 bridgehead atoms. The number of carbonyl (C=O) groups is 1. The van der Waals surface area contributed by atoms with Crippen LogP contribution in [-0.2, 0) is 9.63 Å². The van der Waals surface area contributed by atoms with Crippen molar-refractivity contribution >= 4 is 5.91 Å². The van der Waals surface area contributed by atoms with Crippen LogP contribution in [0.1, 0.15) is 33.6 Å². The minimum atomic E-state index is -0.150. The van der Waals surface area contributed by atoms with E-state index in [9.17, 15) is 4.79 Å². The van der Waals surface area contributed by atoms with Crippen LogP contribution in [0.3, 0.4) is 0 Å². The average molecular weight is 145 g/mol. The monoisotopic (exact) mass is 145 g/mol. The second kappa shape index (κ2) is 5.23. The molecular weight excluding hydrogens is 130 g/mol. The van der Waals surface area contributed by atoms with E-state index in [0.29, 0.717) is 0 Å². The molecule has 0 aliphatic heterocycles. The largest absolute Gasteiger partial charge is 0.273 e. The van der Waals surface area contributed by atoms with Gasteiger partial charge in [0.15, 0.2) is 0 Å².